The highest BCUT2D eigenvalue weighted by Gasteiger charge is 2.22. The number of methoxy groups -OCH3 is 1. The van der Waals surface area contributed by atoms with Gasteiger partial charge in [-0.15, -0.1) is 0 Å². The van der Waals surface area contributed by atoms with E-state index in [1.807, 2.05) is 0 Å². The van der Waals surface area contributed by atoms with Crippen molar-refractivity contribution in [2.24, 2.45) is 5.92 Å². The van der Waals surface area contributed by atoms with Gasteiger partial charge in [-0.25, -0.2) is 9.18 Å². The summed E-state index contributed by atoms with van der Waals surface area (Å²) in [4.78, 5) is 13.8. The fourth-order valence-electron chi connectivity index (χ4n) is 2.53. The van der Waals surface area contributed by atoms with Crippen LogP contribution in [0.5, 0.6) is 5.75 Å². The Labute approximate surface area is 123 Å². The van der Waals surface area contributed by atoms with Crippen LogP contribution in [0.4, 0.5) is 9.18 Å². The fraction of sp³-hybridized carbons (Fsp3) is 0.533. The zero-order valence-electron chi connectivity index (χ0n) is 12.1. The van der Waals surface area contributed by atoms with Crippen LogP contribution in [0.1, 0.15) is 18.4 Å². The van der Waals surface area contributed by atoms with Crippen molar-refractivity contribution in [1.82, 2.24) is 10.2 Å². The number of hydrogen-bond donors (Lipinski definition) is 2. The van der Waals surface area contributed by atoms with Crippen LogP contribution >= 0.6 is 0 Å². The lowest BCUT2D eigenvalue weighted by atomic mass is 9.99. The molecule has 6 heteroatoms. The van der Waals surface area contributed by atoms with Crippen molar-refractivity contribution in [2.75, 3.05) is 26.8 Å². The first-order chi connectivity index (χ1) is 10.1. The molecule has 0 saturated carbocycles. The Kier molecular flexibility index (Phi) is 5.38. The highest BCUT2D eigenvalue weighted by Crippen LogP contribution is 2.17. The molecule has 2 amide bonds. The number of aliphatic hydroxyl groups excluding tert-OH is 1. The molecule has 1 fully saturated rings. The van der Waals surface area contributed by atoms with Crippen LogP contribution in [0.15, 0.2) is 18.2 Å². The molecule has 2 N–H and O–H groups in total. The Balaban J connectivity index is 1.90. The number of likely N-dealkylation sites (tertiary alicyclic amines) is 1. The highest BCUT2D eigenvalue weighted by atomic mass is 19.1. The molecule has 1 unspecified atom stereocenters. The minimum atomic E-state index is -0.392. The maximum atomic E-state index is 13.4. The van der Waals surface area contributed by atoms with E-state index in [4.69, 9.17) is 4.74 Å². The van der Waals surface area contributed by atoms with Gasteiger partial charge in [-0.05, 0) is 36.5 Å². The van der Waals surface area contributed by atoms with Gasteiger partial charge in [0.1, 0.15) is 11.6 Å². The summed E-state index contributed by atoms with van der Waals surface area (Å²) in [6.07, 6.45) is 1.84. The molecule has 0 radical (unpaired) electrons. The number of ether oxygens (including phenoxy) is 1. The predicted molar refractivity (Wildman–Crippen MR) is 76.6 cm³/mol. The van der Waals surface area contributed by atoms with Crippen LogP contribution in [-0.4, -0.2) is 42.8 Å². The summed E-state index contributed by atoms with van der Waals surface area (Å²) in [5, 5.41) is 11.9. The van der Waals surface area contributed by atoms with E-state index in [1.54, 1.807) is 11.0 Å². The van der Waals surface area contributed by atoms with Gasteiger partial charge in [0.25, 0.3) is 0 Å². The van der Waals surface area contributed by atoms with Crippen molar-refractivity contribution in [3.05, 3.63) is 29.6 Å². The van der Waals surface area contributed by atoms with Gasteiger partial charge in [-0.3, -0.25) is 0 Å². The molecule has 116 valence electrons. The molecule has 0 bridgehead atoms. The summed E-state index contributed by atoms with van der Waals surface area (Å²) in [5.74, 6) is 0.188. The predicted octanol–water partition coefficient (Wildman–Crippen LogP) is 1.75. The second-order valence-electron chi connectivity index (χ2n) is 5.29. The zero-order chi connectivity index (χ0) is 15.2. The monoisotopic (exact) mass is 296 g/mol. The van der Waals surface area contributed by atoms with Crippen molar-refractivity contribution in [3.8, 4) is 5.75 Å². The molecule has 1 aromatic rings. The average Bonchev–Trinajstić information content (AvgIpc) is 2.52. The van der Waals surface area contributed by atoms with Gasteiger partial charge in [0.05, 0.1) is 7.11 Å². The van der Waals surface area contributed by atoms with Gasteiger partial charge in [0.2, 0.25) is 0 Å². The SMILES string of the molecule is COc1cc(F)cc(CNC(=O)N2CCCC(CO)C2)c1. The molecular formula is C15H21FN2O3. The number of piperidine rings is 1. The lowest BCUT2D eigenvalue weighted by Crippen LogP contribution is -2.45. The Morgan fingerprint density at radius 2 is 2.33 bits per heavy atom. The number of amides is 2. The smallest absolute Gasteiger partial charge is 0.317 e. The number of urea groups is 1. The maximum absolute atomic E-state index is 13.4. The van der Waals surface area contributed by atoms with Gasteiger partial charge in [0, 0.05) is 32.3 Å². The highest BCUT2D eigenvalue weighted by molar-refractivity contribution is 5.74. The summed E-state index contributed by atoms with van der Waals surface area (Å²) >= 11 is 0. The first kappa shape index (κ1) is 15.6. The quantitative estimate of drug-likeness (QED) is 0.890. The molecule has 1 aliphatic heterocycles. The van der Waals surface area contributed by atoms with E-state index in [2.05, 4.69) is 5.32 Å². The molecule has 1 atom stereocenters. The van der Waals surface area contributed by atoms with E-state index in [0.29, 0.717) is 24.4 Å². The van der Waals surface area contributed by atoms with E-state index >= 15 is 0 Å². The van der Waals surface area contributed by atoms with Crippen LogP contribution in [0.3, 0.4) is 0 Å². The number of benzene rings is 1. The molecule has 1 aliphatic rings. The van der Waals surface area contributed by atoms with Crippen molar-refractivity contribution >= 4 is 6.03 Å². The Hall–Kier alpha value is -1.82. The van der Waals surface area contributed by atoms with Gasteiger partial charge >= 0.3 is 6.03 Å². The molecule has 1 saturated heterocycles. The minimum absolute atomic E-state index is 0.102. The van der Waals surface area contributed by atoms with Crippen LogP contribution in [-0.2, 0) is 6.54 Å². The van der Waals surface area contributed by atoms with E-state index in [-0.39, 0.29) is 25.1 Å². The van der Waals surface area contributed by atoms with Crippen LogP contribution in [0, 0.1) is 11.7 Å². The fourth-order valence-corrected chi connectivity index (χ4v) is 2.53. The van der Waals surface area contributed by atoms with Crippen LogP contribution in [0.25, 0.3) is 0 Å². The summed E-state index contributed by atoms with van der Waals surface area (Å²) in [6.45, 7) is 1.60. The number of aliphatic hydroxyl groups is 1. The van der Waals surface area contributed by atoms with E-state index in [1.165, 1.54) is 19.2 Å². The third kappa shape index (κ3) is 4.32. The van der Waals surface area contributed by atoms with Crippen molar-refractivity contribution in [3.63, 3.8) is 0 Å². The van der Waals surface area contributed by atoms with Gasteiger partial charge in [-0.2, -0.15) is 0 Å². The standard InChI is InChI=1S/C15H21FN2O3/c1-21-14-6-12(5-13(16)7-14)8-17-15(20)18-4-2-3-11(9-18)10-19/h5-7,11,19H,2-4,8-10H2,1H3,(H,17,20). The number of hydrogen-bond acceptors (Lipinski definition) is 3. The van der Waals surface area contributed by atoms with Crippen molar-refractivity contribution in [1.29, 1.82) is 0 Å². The van der Waals surface area contributed by atoms with Crippen LogP contribution in [0.2, 0.25) is 0 Å². The third-order valence-corrected chi connectivity index (χ3v) is 3.67. The first-order valence-corrected chi connectivity index (χ1v) is 7.09. The number of carbonyl (C=O) groups excluding carboxylic acids is 1. The number of nitrogens with zero attached hydrogens (tertiary/aromatic N) is 1. The number of nitrogens with one attached hydrogen (secondary N) is 1. The van der Waals surface area contributed by atoms with E-state index in [9.17, 15) is 14.3 Å². The topological polar surface area (TPSA) is 61.8 Å². The van der Waals surface area contributed by atoms with E-state index < -0.39 is 5.82 Å². The van der Waals surface area contributed by atoms with Gasteiger partial charge < -0.3 is 20.1 Å². The number of rotatable bonds is 4. The molecule has 0 aliphatic carbocycles. The molecule has 5 nitrogen and oxygen atoms in total. The summed E-state index contributed by atoms with van der Waals surface area (Å²) in [5.41, 5.74) is 0.649. The molecular weight excluding hydrogens is 275 g/mol. The first-order valence-electron chi connectivity index (χ1n) is 7.09. The number of halogens is 1. The largest absolute Gasteiger partial charge is 0.497 e. The second-order valence-corrected chi connectivity index (χ2v) is 5.29. The molecule has 0 spiro atoms. The maximum Gasteiger partial charge on any atom is 0.317 e. The molecule has 1 heterocycles. The van der Waals surface area contributed by atoms with Crippen molar-refractivity contribution in [2.45, 2.75) is 19.4 Å². The lowest BCUT2D eigenvalue weighted by molar-refractivity contribution is 0.129. The minimum Gasteiger partial charge on any atom is -0.497 e. The van der Waals surface area contributed by atoms with Gasteiger partial charge in [-0.1, -0.05) is 0 Å². The third-order valence-electron chi connectivity index (χ3n) is 3.67. The number of carbonyl (C=O) groups is 1. The van der Waals surface area contributed by atoms with Crippen molar-refractivity contribution < 1.29 is 19.0 Å². The normalized spacial score (nSPS) is 18.4. The Morgan fingerprint density at radius 1 is 1.52 bits per heavy atom. The summed E-state index contributed by atoms with van der Waals surface area (Å²) in [6, 6.07) is 4.17. The summed E-state index contributed by atoms with van der Waals surface area (Å²) in [7, 11) is 1.47. The Morgan fingerprint density at radius 3 is 3.05 bits per heavy atom. The van der Waals surface area contributed by atoms with Gasteiger partial charge in [0.15, 0.2) is 0 Å². The average molecular weight is 296 g/mol. The molecule has 1 aromatic carbocycles. The van der Waals surface area contributed by atoms with Crippen LogP contribution < -0.4 is 10.1 Å². The lowest BCUT2D eigenvalue weighted by Gasteiger charge is -2.31. The van der Waals surface area contributed by atoms with E-state index in [0.717, 1.165) is 12.8 Å². The zero-order valence-corrected chi connectivity index (χ0v) is 12.1. The second kappa shape index (κ2) is 7.26. The Bertz CT molecular complexity index is 496. The summed E-state index contributed by atoms with van der Waals surface area (Å²) < 4.78 is 18.4. The molecule has 0 aromatic heterocycles. The molecule has 2 rings (SSSR count). The molecule has 21 heavy (non-hydrogen) atoms.